The van der Waals surface area contributed by atoms with Gasteiger partial charge >= 0.3 is 0 Å². The fraction of sp³-hybridized carbons (Fsp3) is 0.233. The largest absolute Gasteiger partial charge is 0.490 e. The summed E-state index contributed by atoms with van der Waals surface area (Å²) < 4.78 is 52.9. The molecule has 0 spiro atoms. The van der Waals surface area contributed by atoms with Gasteiger partial charge < -0.3 is 30.0 Å². The van der Waals surface area contributed by atoms with E-state index in [1.807, 2.05) is 38.1 Å². The van der Waals surface area contributed by atoms with Crippen LogP contribution in [-0.4, -0.2) is 64.0 Å². The lowest BCUT2D eigenvalue weighted by Crippen LogP contribution is -2.24. The molecule has 4 bridgehead atoms. The minimum Gasteiger partial charge on any atom is -0.490 e. The maximum atomic E-state index is 14.1. The van der Waals surface area contributed by atoms with Crippen molar-refractivity contribution >= 4 is 50.6 Å². The van der Waals surface area contributed by atoms with Gasteiger partial charge in [0.25, 0.3) is 0 Å². The number of hydrogen-bond acceptors (Lipinski definition) is 12. The van der Waals surface area contributed by atoms with Crippen molar-refractivity contribution in [3.63, 3.8) is 0 Å². The first-order valence-corrected chi connectivity index (χ1v) is 20.3. The van der Waals surface area contributed by atoms with E-state index in [-0.39, 0.29) is 45.3 Å². The highest BCUT2D eigenvalue weighted by molar-refractivity contribution is 7.22. The first kappa shape index (κ1) is 40.1. The summed E-state index contributed by atoms with van der Waals surface area (Å²) in [6.45, 7) is 4.59. The first-order valence-electron chi connectivity index (χ1n) is 18.7. The normalized spacial score (nSPS) is 13.3. The third kappa shape index (κ3) is 8.58. The van der Waals surface area contributed by atoms with Crippen molar-refractivity contribution in [1.82, 2.24) is 24.9 Å². The van der Waals surface area contributed by atoms with E-state index in [0.717, 1.165) is 38.3 Å². The number of rotatable bonds is 9. The molecule has 0 saturated carbocycles. The third-order valence-electron chi connectivity index (χ3n) is 9.73. The van der Waals surface area contributed by atoms with E-state index in [1.54, 1.807) is 36.7 Å². The van der Waals surface area contributed by atoms with Crippen LogP contribution >= 0.6 is 34.5 Å². The topological polar surface area (TPSA) is 139 Å². The minimum atomic E-state index is -1.16. The van der Waals surface area contributed by atoms with Gasteiger partial charge in [0.2, 0.25) is 5.88 Å². The molecule has 3 N–H and O–H groups in total. The number of alkyl halides is 1. The molecular weight excluding hydrogens is 819 g/mol. The number of ether oxygens (including phenoxy) is 4. The van der Waals surface area contributed by atoms with Gasteiger partial charge in [-0.2, -0.15) is 0 Å². The Kier molecular flexibility index (Phi) is 12.0. The third-order valence-corrected chi connectivity index (χ3v) is 11.8. The Morgan fingerprint density at radius 2 is 1.66 bits per heavy atom. The standard InChI is InChI=1S/C43H37Cl2F2N7O4S/c1-23-34-24(2)38(45)39(37(23)44)56-16-15-55-31-8-9-32(58-21-30-11-13-49-41(54-30)27-5-10-33(50-19-27)51-20-29(47)18-48)26(17-31)12-14-57-42-36-35(34)40(59-43(36)53-22-52-42)25-3-6-28(46)7-4-25/h3-11,13,17,19,22,29H,12,14-16,18,20-21,48H2,1-2H3,(H,50,51). The summed E-state index contributed by atoms with van der Waals surface area (Å²) in [5.41, 5.74) is 11.4. The van der Waals surface area contributed by atoms with Crippen molar-refractivity contribution in [3.05, 3.63) is 118 Å². The van der Waals surface area contributed by atoms with E-state index in [4.69, 9.17) is 52.9 Å². The van der Waals surface area contributed by atoms with Gasteiger partial charge in [0.1, 0.15) is 60.3 Å². The number of nitrogens with two attached hydrogens (primary N) is 1. The van der Waals surface area contributed by atoms with Crippen LogP contribution in [0.4, 0.5) is 14.6 Å². The highest BCUT2D eigenvalue weighted by Gasteiger charge is 2.28. The SMILES string of the molecule is Cc1c(Cl)c2c(Cl)c(C)c1-c1c(-c3ccc(F)cc3)sc3ncnc(c13)OCCc1cc(ccc1OCc1ccnc(-c3ccc(NCC(F)CN)nc3)n1)OCCO2. The van der Waals surface area contributed by atoms with E-state index < -0.39 is 6.17 Å². The van der Waals surface area contributed by atoms with Gasteiger partial charge in [-0.15, -0.1) is 11.3 Å². The second kappa shape index (κ2) is 17.7. The summed E-state index contributed by atoms with van der Waals surface area (Å²) in [5.74, 6) is 2.58. The van der Waals surface area contributed by atoms with Gasteiger partial charge in [-0.3, -0.25) is 0 Å². The second-order valence-corrected chi connectivity index (χ2v) is 15.4. The monoisotopic (exact) mass is 855 g/mol. The van der Waals surface area contributed by atoms with Crippen LogP contribution in [0.1, 0.15) is 22.4 Å². The molecule has 2 aliphatic heterocycles. The summed E-state index contributed by atoms with van der Waals surface area (Å²) in [6.07, 6.45) is 4.02. The van der Waals surface area contributed by atoms with E-state index in [2.05, 4.69) is 25.3 Å². The minimum absolute atomic E-state index is 0.0676. The smallest absolute Gasteiger partial charge is 0.226 e. The molecule has 0 amide bonds. The molecule has 59 heavy (non-hydrogen) atoms. The molecule has 2 aliphatic rings. The van der Waals surface area contributed by atoms with Crippen LogP contribution in [0, 0.1) is 19.7 Å². The Hall–Kier alpha value is -5.67. The van der Waals surface area contributed by atoms with Gasteiger partial charge in [0.05, 0.1) is 27.7 Å². The van der Waals surface area contributed by atoms with Crippen LogP contribution in [0.5, 0.6) is 23.1 Å². The molecule has 3 aromatic carbocycles. The number of hydrogen-bond donors (Lipinski definition) is 2. The molecule has 0 aliphatic carbocycles. The number of anilines is 1. The van der Waals surface area contributed by atoms with Crippen LogP contribution in [0.3, 0.4) is 0 Å². The van der Waals surface area contributed by atoms with Crippen LogP contribution in [-0.2, 0) is 13.0 Å². The Morgan fingerprint density at radius 3 is 2.42 bits per heavy atom. The average Bonchev–Trinajstić information content (AvgIpc) is 3.64. The summed E-state index contributed by atoms with van der Waals surface area (Å²) in [5, 5.41) is 4.34. The molecular formula is C43H37Cl2F2N7O4S. The Bertz CT molecular complexity index is 2610. The quantitative estimate of drug-likeness (QED) is 0.144. The molecule has 0 fully saturated rings. The maximum Gasteiger partial charge on any atom is 0.226 e. The molecule has 1 atom stereocenters. The van der Waals surface area contributed by atoms with Crippen molar-refractivity contribution in [2.45, 2.75) is 33.0 Å². The lowest BCUT2D eigenvalue weighted by atomic mass is 9.92. The van der Waals surface area contributed by atoms with Crippen molar-refractivity contribution in [3.8, 4) is 56.1 Å². The summed E-state index contributed by atoms with van der Waals surface area (Å²) >= 11 is 15.5. The highest BCUT2D eigenvalue weighted by atomic mass is 35.5. The van der Waals surface area contributed by atoms with Crippen LogP contribution in [0.2, 0.25) is 10.0 Å². The number of benzene rings is 3. The van der Waals surface area contributed by atoms with Crippen molar-refractivity contribution in [1.29, 1.82) is 0 Å². The van der Waals surface area contributed by atoms with Gasteiger partial charge in [-0.1, -0.05) is 35.3 Å². The number of pyridine rings is 1. The highest BCUT2D eigenvalue weighted by Crippen LogP contribution is 2.52. The molecule has 302 valence electrons. The van der Waals surface area contributed by atoms with E-state index in [1.165, 1.54) is 29.8 Å². The van der Waals surface area contributed by atoms with Crippen molar-refractivity contribution in [2.75, 3.05) is 38.2 Å². The number of nitrogens with zero attached hydrogens (tertiary/aromatic N) is 5. The molecule has 6 heterocycles. The first-order chi connectivity index (χ1) is 28.7. The summed E-state index contributed by atoms with van der Waals surface area (Å²) in [6, 6.07) is 17.2. The predicted molar refractivity (Wildman–Crippen MR) is 226 cm³/mol. The molecule has 16 heteroatoms. The number of aromatic nitrogens is 5. The Morgan fingerprint density at radius 1 is 0.881 bits per heavy atom. The van der Waals surface area contributed by atoms with Gasteiger partial charge in [-0.25, -0.2) is 33.7 Å². The predicted octanol–water partition coefficient (Wildman–Crippen LogP) is 9.62. The van der Waals surface area contributed by atoms with Crippen LogP contribution in [0.15, 0.2) is 79.4 Å². The zero-order valence-electron chi connectivity index (χ0n) is 31.9. The lowest BCUT2D eigenvalue weighted by Gasteiger charge is -2.20. The Labute approximate surface area is 352 Å². The van der Waals surface area contributed by atoms with Crippen LogP contribution in [0.25, 0.3) is 43.2 Å². The molecule has 0 saturated heterocycles. The molecule has 0 radical (unpaired) electrons. The number of nitrogens with one attached hydrogen (secondary N) is 1. The molecule has 9 rings (SSSR count). The number of fused-ring (bicyclic) bond motifs is 7. The fourth-order valence-electron chi connectivity index (χ4n) is 6.74. The lowest BCUT2D eigenvalue weighted by molar-refractivity contribution is 0.216. The molecule has 7 aromatic rings. The molecule has 4 aromatic heterocycles. The van der Waals surface area contributed by atoms with Crippen LogP contribution < -0.4 is 30.0 Å². The maximum absolute atomic E-state index is 14.1. The summed E-state index contributed by atoms with van der Waals surface area (Å²) in [4.78, 5) is 24.2. The van der Waals surface area contributed by atoms with Gasteiger partial charge in [-0.05, 0) is 84.6 Å². The van der Waals surface area contributed by atoms with E-state index in [9.17, 15) is 8.78 Å². The van der Waals surface area contributed by atoms with Crippen molar-refractivity contribution in [2.24, 2.45) is 5.73 Å². The van der Waals surface area contributed by atoms with Gasteiger partial charge in [0, 0.05) is 53.5 Å². The number of thiophene rings is 1. The zero-order valence-corrected chi connectivity index (χ0v) is 34.2. The van der Waals surface area contributed by atoms with Gasteiger partial charge in [0.15, 0.2) is 11.6 Å². The van der Waals surface area contributed by atoms with E-state index >= 15 is 0 Å². The zero-order chi connectivity index (χ0) is 41.0. The average molecular weight is 857 g/mol. The van der Waals surface area contributed by atoms with E-state index in [0.29, 0.717) is 72.7 Å². The number of halogens is 4. The second-order valence-electron chi connectivity index (χ2n) is 13.6. The molecule has 11 nitrogen and oxygen atoms in total. The van der Waals surface area contributed by atoms with Crippen molar-refractivity contribution < 1.29 is 27.7 Å². The summed E-state index contributed by atoms with van der Waals surface area (Å²) in [7, 11) is 0. The fourth-order valence-corrected chi connectivity index (χ4v) is 8.42. The molecule has 1 unspecified atom stereocenters. The Balaban J connectivity index is 1.10.